The van der Waals surface area contributed by atoms with Crippen molar-refractivity contribution in [3.05, 3.63) is 0 Å². The number of aliphatic carboxylic acids is 2. The second-order valence-electron chi connectivity index (χ2n) is 2.75. The van der Waals surface area contributed by atoms with Crippen LogP contribution in [0.25, 0.3) is 0 Å². The van der Waals surface area contributed by atoms with E-state index in [2.05, 4.69) is 0 Å². The van der Waals surface area contributed by atoms with Crippen molar-refractivity contribution in [2.45, 2.75) is 19.8 Å². The molecule has 0 amide bonds. The molecule has 76 valence electrons. The monoisotopic (exact) mass is 196 g/mol. The molecule has 0 aliphatic carbocycles. The van der Waals surface area contributed by atoms with Gasteiger partial charge in [-0.15, -0.1) is 0 Å². The van der Waals surface area contributed by atoms with Crippen LogP contribution in [-0.2, 0) is 9.59 Å². The summed E-state index contributed by atoms with van der Waals surface area (Å²) in [6.45, 7) is 1.20. The normalized spacial score (nSPS) is 15.4. The Labute approximate surface area is 73.2 Å². The maximum Gasteiger partial charge on any atom is 0.312 e. The van der Waals surface area contributed by atoms with E-state index in [-0.39, 0.29) is 0 Å². The van der Waals surface area contributed by atoms with Gasteiger partial charge in [0.05, 0.1) is 5.92 Å². The van der Waals surface area contributed by atoms with Crippen LogP contribution in [0, 0.1) is 11.8 Å². The van der Waals surface area contributed by atoms with Crippen molar-refractivity contribution in [3.8, 4) is 0 Å². The molecule has 0 bridgehead atoms. The Morgan fingerprint density at radius 3 is 1.92 bits per heavy atom. The standard InChI is InChI=1S/C7H10F2O4/c1-3(6(10)11)2-4(5(8)9)7(12)13/h3-5H,2H2,1H3,(H,10,11)(H,12,13)/t3?,4-/m0/s1. The van der Waals surface area contributed by atoms with Gasteiger partial charge < -0.3 is 10.2 Å². The summed E-state index contributed by atoms with van der Waals surface area (Å²) < 4.78 is 24.0. The zero-order valence-electron chi connectivity index (χ0n) is 6.91. The van der Waals surface area contributed by atoms with E-state index in [1.807, 2.05) is 0 Å². The molecule has 1 unspecified atom stereocenters. The Hall–Kier alpha value is -1.20. The maximum absolute atomic E-state index is 12.0. The Bertz CT molecular complexity index is 205. The minimum absolute atomic E-state index is 0.553. The molecule has 0 radical (unpaired) electrons. The number of halogens is 2. The highest BCUT2D eigenvalue weighted by atomic mass is 19.3. The average molecular weight is 196 g/mol. The van der Waals surface area contributed by atoms with Gasteiger partial charge in [0, 0.05) is 0 Å². The van der Waals surface area contributed by atoms with Crippen molar-refractivity contribution in [1.29, 1.82) is 0 Å². The molecule has 0 aliphatic heterocycles. The van der Waals surface area contributed by atoms with Crippen molar-refractivity contribution in [2.75, 3.05) is 0 Å². The van der Waals surface area contributed by atoms with E-state index in [1.54, 1.807) is 0 Å². The van der Waals surface area contributed by atoms with Crippen LogP contribution < -0.4 is 0 Å². The molecule has 0 spiro atoms. The quantitative estimate of drug-likeness (QED) is 0.689. The summed E-state index contributed by atoms with van der Waals surface area (Å²) in [4.78, 5) is 20.5. The van der Waals surface area contributed by atoms with Crippen LogP contribution in [0.15, 0.2) is 0 Å². The lowest BCUT2D eigenvalue weighted by Crippen LogP contribution is -2.26. The number of hydrogen-bond donors (Lipinski definition) is 2. The molecule has 4 nitrogen and oxygen atoms in total. The zero-order valence-corrected chi connectivity index (χ0v) is 6.91. The van der Waals surface area contributed by atoms with Crippen LogP contribution in [0.4, 0.5) is 8.78 Å². The molecule has 0 saturated carbocycles. The van der Waals surface area contributed by atoms with Crippen LogP contribution >= 0.6 is 0 Å². The molecule has 0 heterocycles. The van der Waals surface area contributed by atoms with E-state index in [1.165, 1.54) is 6.92 Å². The fourth-order valence-corrected chi connectivity index (χ4v) is 0.793. The van der Waals surface area contributed by atoms with E-state index >= 15 is 0 Å². The molecule has 0 saturated heterocycles. The summed E-state index contributed by atoms with van der Waals surface area (Å²) in [6, 6.07) is 0. The number of carboxylic acid groups (broad SMARTS) is 2. The summed E-state index contributed by atoms with van der Waals surface area (Å²) in [5, 5.41) is 16.7. The lowest BCUT2D eigenvalue weighted by molar-refractivity contribution is -0.150. The summed E-state index contributed by atoms with van der Waals surface area (Å²) in [5.41, 5.74) is 0. The van der Waals surface area contributed by atoms with Gasteiger partial charge >= 0.3 is 11.9 Å². The Balaban J connectivity index is 4.27. The van der Waals surface area contributed by atoms with Crippen LogP contribution in [0.1, 0.15) is 13.3 Å². The van der Waals surface area contributed by atoms with Crippen molar-refractivity contribution in [2.24, 2.45) is 11.8 Å². The number of carbonyl (C=O) groups is 2. The Morgan fingerprint density at radius 1 is 1.23 bits per heavy atom. The number of alkyl halides is 2. The summed E-state index contributed by atoms with van der Waals surface area (Å²) in [7, 11) is 0. The highest BCUT2D eigenvalue weighted by Crippen LogP contribution is 2.19. The van der Waals surface area contributed by atoms with Crippen molar-refractivity contribution < 1.29 is 28.6 Å². The zero-order chi connectivity index (χ0) is 10.6. The van der Waals surface area contributed by atoms with Gasteiger partial charge in [-0.1, -0.05) is 6.92 Å². The highest BCUT2D eigenvalue weighted by molar-refractivity contribution is 5.73. The van der Waals surface area contributed by atoms with Crippen LogP contribution in [0.2, 0.25) is 0 Å². The molecule has 13 heavy (non-hydrogen) atoms. The molecule has 0 fully saturated rings. The van der Waals surface area contributed by atoms with Crippen molar-refractivity contribution in [3.63, 3.8) is 0 Å². The lowest BCUT2D eigenvalue weighted by atomic mass is 9.96. The van der Waals surface area contributed by atoms with Crippen molar-refractivity contribution >= 4 is 11.9 Å². The molecular formula is C7H10F2O4. The van der Waals surface area contributed by atoms with Crippen LogP contribution in [0.5, 0.6) is 0 Å². The topological polar surface area (TPSA) is 74.6 Å². The molecule has 0 aromatic heterocycles. The molecule has 0 aliphatic rings. The molecule has 6 heteroatoms. The van der Waals surface area contributed by atoms with Gasteiger partial charge in [-0.25, -0.2) is 8.78 Å². The van der Waals surface area contributed by atoms with Gasteiger partial charge in [-0.2, -0.15) is 0 Å². The Morgan fingerprint density at radius 2 is 1.69 bits per heavy atom. The Kier molecular flexibility index (Phi) is 4.30. The largest absolute Gasteiger partial charge is 0.481 e. The smallest absolute Gasteiger partial charge is 0.312 e. The van der Waals surface area contributed by atoms with Gasteiger partial charge in [0.2, 0.25) is 0 Å². The van der Waals surface area contributed by atoms with Gasteiger partial charge in [-0.3, -0.25) is 9.59 Å². The number of hydrogen-bond acceptors (Lipinski definition) is 2. The second kappa shape index (κ2) is 4.74. The first kappa shape index (κ1) is 11.8. The second-order valence-corrected chi connectivity index (χ2v) is 2.75. The van der Waals surface area contributed by atoms with E-state index in [9.17, 15) is 18.4 Å². The minimum Gasteiger partial charge on any atom is -0.481 e. The highest BCUT2D eigenvalue weighted by Gasteiger charge is 2.31. The molecular weight excluding hydrogens is 186 g/mol. The fraction of sp³-hybridized carbons (Fsp3) is 0.714. The first-order chi connectivity index (χ1) is 5.86. The number of carboxylic acids is 2. The third kappa shape index (κ3) is 3.82. The van der Waals surface area contributed by atoms with Gasteiger partial charge in [0.15, 0.2) is 0 Å². The van der Waals surface area contributed by atoms with Gasteiger partial charge in [0.25, 0.3) is 6.43 Å². The molecule has 2 N–H and O–H groups in total. The molecule has 0 aromatic carbocycles. The molecule has 0 rings (SSSR count). The predicted octanol–water partition coefficient (Wildman–Crippen LogP) is 1.06. The van der Waals surface area contributed by atoms with Crippen LogP contribution in [-0.4, -0.2) is 28.6 Å². The first-order valence-electron chi connectivity index (χ1n) is 3.60. The van der Waals surface area contributed by atoms with E-state index in [0.717, 1.165) is 0 Å². The summed E-state index contributed by atoms with van der Waals surface area (Å²) >= 11 is 0. The van der Waals surface area contributed by atoms with Gasteiger partial charge in [-0.05, 0) is 6.42 Å². The summed E-state index contributed by atoms with van der Waals surface area (Å²) in [5.74, 6) is -5.91. The minimum atomic E-state index is -3.03. The van der Waals surface area contributed by atoms with E-state index in [0.29, 0.717) is 0 Å². The van der Waals surface area contributed by atoms with Gasteiger partial charge in [0.1, 0.15) is 5.92 Å². The lowest BCUT2D eigenvalue weighted by Gasteiger charge is -2.13. The number of rotatable bonds is 5. The van der Waals surface area contributed by atoms with E-state index < -0.39 is 36.6 Å². The molecule has 0 aromatic rings. The first-order valence-corrected chi connectivity index (χ1v) is 3.60. The molecule has 2 atom stereocenters. The van der Waals surface area contributed by atoms with Crippen LogP contribution in [0.3, 0.4) is 0 Å². The van der Waals surface area contributed by atoms with Crippen molar-refractivity contribution in [1.82, 2.24) is 0 Å². The third-order valence-electron chi connectivity index (χ3n) is 1.65. The van der Waals surface area contributed by atoms with E-state index in [4.69, 9.17) is 10.2 Å². The average Bonchev–Trinajstić information content (AvgIpc) is 1.97. The fourth-order valence-electron chi connectivity index (χ4n) is 0.793. The SMILES string of the molecule is CC(C[C@H](C(=O)O)C(F)F)C(=O)O. The third-order valence-corrected chi connectivity index (χ3v) is 1.65. The maximum atomic E-state index is 12.0. The predicted molar refractivity (Wildman–Crippen MR) is 38.5 cm³/mol. The summed E-state index contributed by atoms with van der Waals surface area (Å²) in [6.07, 6.45) is -3.58.